The third-order valence-electron chi connectivity index (χ3n) is 4.70. The molecule has 2 amide bonds. The number of hydrogen-bond donors (Lipinski definition) is 1. The fraction of sp³-hybridized carbons (Fsp3) is 0.250. The van der Waals surface area contributed by atoms with E-state index in [1.165, 1.54) is 0 Å². The zero-order chi connectivity index (χ0) is 17.9. The van der Waals surface area contributed by atoms with Gasteiger partial charge in [0.15, 0.2) is 0 Å². The number of aryl methyl sites for hydroxylation is 1. The molecule has 0 atom stereocenters. The van der Waals surface area contributed by atoms with Gasteiger partial charge in [-0.3, -0.25) is 4.98 Å². The molecule has 4 rings (SSSR count). The predicted octanol–water partition coefficient (Wildman–Crippen LogP) is 3.42. The van der Waals surface area contributed by atoms with Crippen LogP contribution in [0.4, 0.5) is 10.5 Å². The summed E-state index contributed by atoms with van der Waals surface area (Å²) in [5, 5.41) is 2.93. The van der Waals surface area contributed by atoms with Gasteiger partial charge in [0.2, 0.25) is 0 Å². The van der Waals surface area contributed by atoms with Crippen LogP contribution in [0.1, 0.15) is 5.69 Å². The fourth-order valence-corrected chi connectivity index (χ4v) is 3.26. The van der Waals surface area contributed by atoms with Crippen LogP contribution in [0.3, 0.4) is 0 Å². The Labute approximate surface area is 152 Å². The lowest BCUT2D eigenvalue weighted by Gasteiger charge is -2.39. The van der Waals surface area contributed by atoms with Crippen molar-refractivity contribution in [2.24, 2.45) is 5.92 Å². The van der Waals surface area contributed by atoms with Crippen LogP contribution in [0.25, 0.3) is 11.4 Å². The van der Waals surface area contributed by atoms with Crippen molar-refractivity contribution >= 4 is 11.7 Å². The summed E-state index contributed by atoms with van der Waals surface area (Å²) in [5.41, 5.74) is 3.02. The minimum Gasteiger partial charge on any atom is -0.328 e. The van der Waals surface area contributed by atoms with E-state index < -0.39 is 0 Å². The molecule has 0 bridgehead atoms. The van der Waals surface area contributed by atoms with Crippen molar-refractivity contribution in [1.82, 2.24) is 19.4 Å². The lowest BCUT2D eigenvalue weighted by Crippen LogP contribution is -2.53. The maximum atomic E-state index is 12.3. The third-order valence-corrected chi connectivity index (χ3v) is 4.70. The Morgan fingerprint density at radius 1 is 1.15 bits per heavy atom. The van der Waals surface area contributed by atoms with Crippen molar-refractivity contribution in [2.45, 2.75) is 13.5 Å². The molecule has 1 N–H and O–H groups in total. The van der Waals surface area contributed by atoms with Crippen LogP contribution in [-0.4, -0.2) is 38.6 Å². The summed E-state index contributed by atoms with van der Waals surface area (Å²) in [4.78, 5) is 22.8. The SMILES string of the molecule is Cc1cnc(-c2ccncc2)n1CC1CN(C(=O)Nc2ccccc2)C1. The number of amides is 2. The number of likely N-dealkylation sites (tertiary alicyclic amines) is 1. The van der Waals surface area contributed by atoms with E-state index >= 15 is 0 Å². The maximum absolute atomic E-state index is 12.3. The van der Waals surface area contributed by atoms with Crippen LogP contribution < -0.4 is 5.32 Å². The highest BCUT2D eigenvalue weighted by Gasteiger charge is 2.31. The zero-order valence-corrected chi connectivity index (χ0v) is 14.7. The number of pyridine rings is 1. The molecule has 0 aliphatic carbocycles. The summed E-state index contributed by atoms with van der Waals surface area (Å²) in [6, 6.07) is 13.5. The number of rotatable bonds is 4. The topological polar surface area (TPSA) is 63.1 Å². The molecule has 0 radical (unpaired) electrons. The normalized spacial score (nSPS) is 14.1. The Kier molecular flexibility index (Phi) is 4.39. The number of hydrogen-bond acceptors (Lipinski definition) is 3. The Morgan fingerprint density at radius 3 is 2.62 bits per heavy atom. The monoisotopic (exact) mass is 347 g/mol. The number of nitrogens with one attached hydrogen (secondary N) is 1. The summed E-state index contributed by atoms with van der Waals surface area (Å²) in [5.74, 6) is 1.39. The second-order valence-electron chi connectivity index (χ2n) is 6.64. The van der Waals surface area contributed by atoms with E-state index in [1.54, 1.807) is 12.4 Å². The van der Waals surface area contributed by atoms with Crippen molar-refractivity contribution in [3.63, 3.8) is 0 Å². The Bertz CT molecular complexity index is 885. The van der Waals surface area contributed by atoms with Gasteiger partial charge in [-0.05, 0) is 31.2 Å². The number of anilines is 1. The standard InChI is InChI=1S/C20H21N5O/c1-15-11-22-19(17-7-9-21-10-8-17)25(15)14-16-12-24(13-16)20(26)23-18-5-3-2-4-6-18/h2-11,16H,12-14H2,1H3,(H,23,26). The smallest absolute Gasteiger partial charge is 0.321 e. The molecule has 2 aromatic heterocycles. The number of para-hydroxylation sites is 1. The summed E-state index contributed by atoms with van der Waals surface area (Å²) in [6.45, 7) is 4.44. The van der Waals surface area contributed by atoms with Gasteiger partial charge in [0, 0.05) is 61.1 Å². The minimum atomic E-state index is -0.0378. The lowest BCUT2D eigenvalue weighted by molar-refractivity contribution is 0.120. The Hall–Kier alpha value is -3.15. The van der Waals surface area contributed by atoms with Crippen molar-refractivity contribution in [3.8, 4) is 11.4 Å². The third kappa shape index (κ3) is 3.31. The molecule has 132 valence electrons. The van der Waals surface area contributed by atoms with E-state index in [0.717, 1.165) is 42.4 Å². The van der Waals surface area contributed by atoms with Crippen LogP contribution in [0.15, 0.2) is 61.1 Å². The van der Waals surface area contributed by atoms with E-state index in [0.29, 0.717) is 5.92 Å². The van der Waals surface area contributed by atoms with E-state index in [4.69, 9.17) is 0 Å². The van der Waals surface area contributed by atoms with Gasteiger partial charge in [-0.25, -0.2) is 9.78 Å². The highest BCUT2D eigenvalue weighted by atomic mass is 16.2. The van der Waals surface area contributed by atoms with Gasteiger partial charge in [0.25, 0.3) is 0 Å². The average molecular weight is 347 g/mol. The zero-order valence-electron chi connectivity index (χ0n) is 14.7. The van der Waals surface area contributed by atoms with Crippen LogP contribution in [0, 0.1) is 12.8 Å². The van der Waals surface area contributed by atoms with E-state index in [2.05, 4.69) is 26.8 Å². The molecular weight excluding hydrogens is 326 g/mol. The first kappa shape index (κ1) is 16.3. The first-order chi connectivity index (χ1) is 12.7. The number of benzene rings is 1. The maximum Gasteiger partial charge on any atom is 0.321 e. The van der Waals surface area contributed by atoms with Gasteiger partial charge in [-0.1, -0.05) is 18.2 Å². The molecule has 26 heavy (non-hydrogen) atoms. The van der Waals surface area contributed by atoms with Crippen molar-refractivity contribution in [1.29, 1.82) is 0 Å². The number of aromatic nitrogens is 3. The van der Waals surface area contributed by atoms with Crippen LogP contribution in [0.5, 0.6) is 0 Å². The number of urea groups is 1. The van der Waals surface area contributed by atoms with Gasteiger partial charge in [-0.2, -0.15) is 0 Å². The number of carbonyl (C=O) groups excluding carboxylic acids is 1. The Morgan fingerprint density at radius 2 is 1.88 bits per heavy atom. The summed E-state index contributed by atoms with van der Waals surface area (Å²) in [6.07, 6.45) is 5.46. The predicted molar refractivity (Wildman–Crippen MR) is 101 cm³/mol. The van der Waals surface area contributed by atoms with Crippen molar-refractivity contribution < 1.29 is 4.79 Å². The molecule has 6 heteroatoms. The molecule has 1 saturated heterocycles. The molecular formula is C20H21N5O. The summed E-state index contributed by atoms with van der Waals surface area (Å²) >= 11 is 0. The quantitative estimate of drug-likeness (QED) is 0.786. The van der Waals surface area contributed by atoms with Crippen molar-refractivity contribution in [3.05, 3.63) is 66.7 Å². The van der Waals surface area contributed by atoms with Crippen LogP contribution in [0.2, 0.25) is 0 Å². The average Bonchev–Trinajstić information content (AvgIpc) is 2.99. The second-order valence-corrected chi connectivity index (χ2v) is 6.64. The van der Waals surface area contributed by atoms with Crippen molar-refractivity contribution in [2.75, 3.05) is 18.4 Å². The van der Waals surface area contributed by atoms with E-state index in [9.17, 15) is 4.79 Å². The molecule has 0 unspecified atom stereocenters. The molecule has 1 aromatic carbocycles. The van der Waals surface area contributed by atoms with Crippen LogP contribution >= 0.6 is 0 Å². The molecule has 1 aliphatic heterocycles. The summed E-state index contributed by atoms with van der Waals surface area (Å²) < 4.78 is 2.23. The molecule has 1 fully saturated rings. The van der Waals surface area contributed by atoms with Crippen LogP contribution in [-0.2, 0) is 6.54 Å². The number of carbonyl (C=O) groups is 1. The van der Waals surface area contributed by atoms with Gasteiger partial charge in [0.1, 0.15) is 5.82 Å². The molecule has 6 nitrogen and oxygen atoms in total. The largest absolute Gasteiger partial charge is 0.328 e. The molecule has 0 spiro atoms. The molecule has 3 heterocycles. The van der Waals surface area contributed by atoms with E-state index in [-0.39, 0.29) is 6.03 Å². The first-order valence-corrected chi connectivity index (χ1v) is 8.74. The minimum absolute atomic E-state index is 0.0378. The van der Waals surface area contributed by atoms with Gasteiger partial charge >= 0.3 is 6.03 Å². The Balaban J connectivity index is 1.38. The molecule has 1 aliphatic rings. The number of nitrogens with zero attached hydrogens (tertiary/aromatic N) is 4. The first-order valence-electron chi connectivity index (χ1n) is 8.74. The summed E-state index contributed by atoms with van der Waals surface area (Å²) in [7, 11) is 0. The molecule has 0 saturated carbocycles. The highest BCUT2D eigenvalue weighted by Crippen LogP contribution is 2.24. The van der Waals surface area contributed by atoms with Gasteiger partial charge in [-0.15, -0.1) is 0 Å². The van der Waals surface area contributed by atoms with E-state index in [1.807, 2.05) is 53.6 Å². The van der Waals surface area contributed by atoms with Gasteiger partial charge < -0.3 is 14.8 Å². The highest BCUT2D eigenvalue weighted by molar-refractivity contribution is 5.89. The van der Waals surface area contributed by atoms with Gasteiger partial charge in [0.05, 0.1) is 0 Å². The lowest BCUT2D eigenvalue weighted by atomic mass is 10.0. The number of imidazole rings is 1. The fourth-order valence-electron chi connectivity index (χ4n) is 3.26. The molecule has 3 aromatic rings. The second kappa shape index (κ2) is 7.00.